The highest BCUT2D eigenvalue weighted by molar-refractivity contribution is 9.10. The molecule has 0 fully saturated rings. The summed E-state index contributed by atoms with van der Waals surface area (Å²) in [6.45, 7) is -0.360. The quantitative estimate of drug-likeness (QED) is 0.458. The van der Waals surface area contributed by atoms with Gasteiger partial charge in [-0.25, -0.2) is 4.79 Å². The number of nitro benzene ring substituents is 1. The van der Waals surface area contributed by atoms with Crippen LogP contribution >= 0.6 is 15.9 Å². The molecule has 0 radical (unpaired) electrons. The lowest BCUT2D eigenvalue weighted by Crippen LogP contribution is -2.37. The van der Waals surface area contributed by atoms with Crippen LogP contribution in [0.15, 0.2) is 22.7 Å². The Labute approximate surface area is 122 Å². The molecular weight excluding hydrogens is 336 g/mol. The van der Waals surface area contributed by atoms with Crippen LogP contribution in [0.3, 0.4) is 0 Å². The summed E-state index contributed by atoms with van der Waals surface area (Å²) >= 11 is 2.98. The van der Waals surface area contributed by atoms with Crippen molar-refractivity contribution in [1.29, 1.82) is 0 Å². The van der Waals surface area contributed by atoms with E-state index >= 15 is 0 Å². The third-order valence-electron chi connectivity index (χ3n) is 2.35. The zero-order valence-electron chi connectivity index (χ0n) is 10.3. The van der Waals surface area contributed by atoms with Crippen molar-refractivity contribution in [2.75, 3.05) is 13.7 Å². The SMILES string of the molecule is COC(=O)C(O)CNC(=O)c1cccc([N+](=O)[O-])c1Br. The number of hydrogen-bond acceptors (Lipinski definition) is 6. The van der Waals surface area contributed by atoms with Crippen LogP contribution in [0.5, 0.6) is 0 Å². The smallest absolute Gasteiger partial charge is 0.336 e. The van der Waals surface area contributed by atoms with Crippen LogP contribution in [0.1, 0.15) is 10.4 Å². The summed E-state index contributed by atoms with van der Waals surface area (Å²) in [5.41, 5.74) is -0.234. The van der Waals surface area contributed by atoms with Gasteiger partial charge in [-0.15, -0.1) is 0 Å². The molecule has 108 valence electrons. The molecule has 0 aliphatic rings. The highest BCUT2D eigenvalue weighted by Gasteiger charge is 2.21. The van der Waals surface area contributed by atoms with Crippen molar-refractivity contribution >= 4 is 33.5 Å². The Hall–Kier alpha value is -2.00. The number of carbonyl (C=O) groups is 2. The van der Waals surface area contributed by atoms with Gasteiger partial charge in [-0.1, -0.05) is 6.07 Å². The molecule has 9 heteroatoms. The van der Waals surface area contributed by atoms with Crippen LogP contribution in [-0.2, 0) is 9.53 Å². The maximum atomic E-state index is 11.8. The minimum Gasteiger partial charge on any atom is -0.467 e. The lowest BCUT2D eigenvalue weighted by molar-refractivity contribution is -0.385. The number of hydrogen-bond donors (Lipinski definition) is 2. The Morgan fingerprint density at radius 2 is 2.20 bits per heavy atom. The Bertz CT molecular complexity index is 548. The number of benzene rings is 1. The van der Waals surface area contributed by atoms with Crippen molar-refractivity contribution in [3.05, 3.63) is 38.3 Å². The largest absolute Gasteiger partial charge is 0.467 e. The molecule has 0 saturated carbocycles. The van der Waals surface area contributed by atoms with Crippen LogP contribution in [-0.4, -0.2) is 41.7 Å². The van der Waals surface area contributed by atoms with Crippen molar-refractivity contribution in [2.24, 2.45) is 0 Å². The van der Waals surface area contributed by atoms with Gasteiger partial charge in [-0.3, -0.25) is 14.9 Å². The third-order valence-corrected chi connectivity index (χ3v) is 3.18. The fourth-order valence-electron chi connectivity index (χ4n) is 1.34. The van der Waals surface area contributed by atoms with Gasteiger partial charge in [-0.2, -0.15) is 0 Å². The number of aliphatic hydroxyl groups is 1. The predicted octanol–water partition coefficient (Wildman–Crippen LogP) is 0.621. The molecule has 1 amide bonds. The fourth-order valence-corrected chi connectivity index (χ4v) is 1.93. The number of esters is 1. The van der Waals surface area contributed by atoms with E-state index in [4.69, 9.17) is 0 Å². The van der Waals surface area contributed by atoms with Gasteiger partial charge in [0.05, 0.1) is 24.1 Å². The Balaban J connectivity index is 2.81. The Kier molecular flexibility index (Phi) is 5.59. The molecule has 0 aromatic heterocycles. The number of ether oxygens (including phenoxy) is 1. The summed E-state index contributed by atoms with van der Waals surface area (Å²) in [5.74, 6) is -1.55. The van der Waals surface area contributed by atoms with Crippen molar-refractivity contribution < 1.29 is 24.4 Å². The summed E-state index contributed by atoms with van der Waals surface area (Å²) in [4.78, 5) is 32.9. The molecule has 0 aliphatic carbocycles. The average Bonchev–Trinajstić information content (AvgIpc) is 2.43. The van der Waals surface area contributed by atoms with E-state index in [-0.39, 0.29) is 22.3 Å². The molecule has 1 aromatic rings. The first-order valence-electron chi connectivity index (χ1n) is 5.35. The second kappa shape index (κ2) is 6.96. The molecule has 8 nitrogen and oxygen atoms in total. The number of amides is 1. The van der Waals surface area contributed by atoms with Gasteiger partial charge in [0, 0.05) is 6.07 Å². The normalized spacial score (nSPS) is 11.6. The lowest BCUT2D eigenvalue weighted by atomic mass is 10.2. The van der Waals surface area contributed by atoms with E-state index in [1.54, 1.807) is 0 Å². The van der Waals surface area contributed by atoms with Gasteiger partial charge in [0.25, 0.3) is 11.6 Å². The van der Waals surface area contributed by atoms with E-state index in [0.717, 1.165) is 7.11 Å². The molecule has 1 unspecified atom stereocenters. The number of rotatable bonds is 5. The monoisotopic (exact) mass is 346 g/mol. The first kappa shape index (κ1) is 16.1. The first-order chi connectivity index (χ1) is 9.38. The van der Waals surface area contributed by atoms with Crippen molar-refractivity contribution in [3.63, 3.8) is 0 Å². The van der Waals surface area contributed by atoms with Crippen LogP contribution in [0.4, 0.5) is 5.69 Å². The fraction of sp³-hybridized carbons (Fsp3) is 0.273. The van der Waals surface area contributed by atoms with Gasteiger partial charge in [0.15, 0.2) is 6.10 Å². The summed E-state index contributed by atoms with van der Waals surface area (Å²) in [6.07, 6.45) is -1.50. The van der Waals surface area contributed by atoms with Gasteiger partial charge < -0.3 is 15.2 Å². The summed E-state index contributed by atoms with van der Waals surface area (Å²) in [5, 5.41) is 22.3. The first-order valence-corrected chi connectivity index (χ1v) is 6.14. The van der Waals surface area contributed by atoms with Crippen LogP contribution in [0.2, 0.25) is 0 Å². The standard InChI is InChI=1S/C11H11BrN2O6/c1-20-11(17)8(15)5-13-10(16)6-3-2-4-7(9(6)12)14(18)19/h2-4,8,15H,5H2,1H3,(H,13,16). The van der Waals surface area contributed by atoms with E-state index < -0.39 is 22.9 Å². The van der Waals surface area contributed by atoms with E-state index in [1.165, 1.54) is 18.2 Å². The number of nitro groups is 1. The van der Waals surface area contributed by atoms with Crippen molar-refractivity contribution in [3.8, 4) is 0 Å². The predicted molar refractivity (Wildman–Crippen MR) is 71.2 cm³/mol. The summed E-state index contributed by atoms with van der Waals surface area (Å²) < 4.78 is 4.31. The molecule has 20 heavy (non-hydrogen) atoms. The Morgan fingerprint density at radius 1 is 1.55 bits per heavy atom. The average molecular weight is 347 g/mol. The number of methoxy groups -OCH3 is 1. The van der Waals surface area contributed by atoms with Gasteiger partial charge >= 0.3 is 5.97 Å². The van der Waals surface area contributed by atoms with Gasteiger partial charge in [-0.05, 0) is 22.0 Å². The summed E-state index contributed by atoms with van der Waals surface area (Å²) in [7, 11) is 1.10. The highest BCUT2D eigenvalue weighted by atomic mass is 79.9. The molecule has 0 spiro atoms. The van der Waals surface area contributed by atoms with E-state index in [0.29, 0.717) is 0 Å². The van der Waals surface area contributed by atoms with Crippen LogP contribution in [0.25, 0.3) is 0 Å². The second-order valence-electron chi connectivity index (χ2n) is 3.64. The molecule has 1 atom stereocenters. The summed E-state index contributed by atoms with van der Waals surface area (Å²) in [6, 6.07) is 3.97. The number of nitrogens with one attached hydrogen (secondary N) is 1. The van der Waals surface area contributed by atoms with E-state index in [9.17, 15) is 24.8 Å². The molecule has 1 rings (SSSR count). The molecular formula is C11H11BrN2O6. The zero-order valence-corrected chi connectivity index (χ0v) is 11.9. The zero-order chi connectivity index (χ0) is 15.3. The minimum absolute atomic E-state index is 0.0232. The minimum atomic E-state index is -1.50. The van der Waals surface area contributed by atoms with Crippen molar-refractivity contribution in [1.82, 2.24) is 5.32 Å². The van der Waals surface area contributed by atoms with E-state index in [2.05, 4.69) is 26.0 Å². The van der Waals surface area contributed by atoms with Gasteiger partial charge in [0.2, 0.25) is 0 Å². The second-order valence-corrected chi connectivity index (χ2v) is 4.44. The number of halogens is 1. The lowest BCUT2D eigenvalue weighted by Gasteiger charge is -2.10. The number of aliphatic hydroxyl groups excluding tert-OH is 1. The topological polar surface area (TPSA) is 119 Å². The van der Waals surface area contributed by atoms with Crippen molar-refractivity contribution in [2.45, 2.75) is 6.10 Å². The molecule has 1 aromatic carbocycles. The van der Waals surface area contributed by atoms with Gasteiger partial charge in [0.1, 0.15) is 4.47 Å². The highest BCUT2D eigenvalue weighted by Crippen LogP contribution is 2.28. The maximum Gasteiger partial charge on any atom is 0.336 e. The molecule has 0 aliphatic heterocycles. The third kappa shape index (κ3) is 3.75. The maximum absolute atomic E-state index is 11.8. The molecule has 0 saturated heterocycles. The number of nitrogens with zero attached hydrogens (tertiary/aromatic N) is 1. The number of carbonyl (C=O) groups excluding carboxylic acids is 2. The molecule has 0 heterocycles. The molecule has 0 bridgehead atoms. The van der Waals surface area contributed by atoms with Crippen LogP contribution in [0, 0.1) is 10.1 Å². The molecule has 2 N–H and O–H groups in total. The van der Waals surface area contributed by atoms with Crippen LogP contribution < -0.4 is 5.32 Å². The van der Waals surface area contributed by atoms with E-state index in [1.807, 2.05) is 0 Å². The Morgan fingerprint density at radius 3 is 2.75 bits per heavy atom.